The van der Waals surface area contributed by atoms with Gasteiger partial charge in [-0.2, -0.15) is 0 Å². The van der Waals surface area contributed by atoms with Crippen molar-refractivity contribution in [2.24, 2.45) is 5.92 Å². The zero-order valence-electron chi connectivity index (χ0n) is 14.7. The Labute approximate surface area is 153 Å². The average Bonchev–Trinajstić information content (AvgIpc) is 2.69. The van der Waals surface area contributed by atoms with Crippen LogP contribution in [-0.2, 0) is 11.2 Å². The van der Waals surface area contributed by atoms with Crippen LogP contribution in [0.4, 0.5) is 4.39 Å². The summed E-state index contributed by atoms with van der Waals surface area (Å²) in [6, 6.07) is 15.8. The highest BCUT2D eigenvalue weighted by atomic mass is 19.1. The Morgan fingerprint density at radius 3 is 2.35 bits per heavy atom. The van der Waals surface area contributed by atoms with E-state index >= 15 is 0 Å². The number of nitrogens with zero attached hydrogens (tertiary/aromatic N) is 1. The maximum absolute atomic E-state index is 13.6. The van der Waals surface area contributed by atoms with Gasteiger partial charge in [0.15, 0.2) is 0 Å². The van der Waals surface area contributed by atoms with Crippen LogP contribution in [0.1, 0.15) is 28.8 Å². The molecule has 1 aliphatic heterocycles. The van der Waals surface area contributed by atoms with E-state index in [9.17, 15) is 14.0 Å². The van der Waals surface area contributed by atoms with Crippen molar-refractivity contribution in [3.63, 3.8) is 0 Å². The fourth-order valence-corrected chi connectivity index (χ4v) is 3.27. The Hall–Kier alpha value is -2.69. The number of rotatable bonds is 5. The summed E-state index contributed by atoms with van der Waals surface area (Å²) in [6.45, 7) is 1.58. The van der Waals surface area contributed by atoms with E-state index in [1.807, 2.05) is 30.3 Å². The van der Waals surface area contributed by atoms with Gasteiger partial charge in [0, 0.05) is 31.1 Å². The van der Waals surface area contributed by atoms with E-state index in [2.05, 4.69) is 5.32 Å². The molecular weight excluding hydrogens is 331 g/mol. The number of amides is 2. The van der Waals surface area contributed by atoms with Gasteiger partial charge in [0.25, 0.3) is 5.91 Å². The molecule has 0 aromatic heterocycles. The molecule has 0 saturated carbocycles. The lowest BCUT2D eigenvalue weighted by molar-refractivity contribution is -0.126. The molecule has 1 saturated heterocycles. The first-order valence-electron chi connectivity index (χ1n) is 9.00. The number of carbonyl (C=O) groups is 2. The largest absolute Gasteiger partial charge is 0.356 e. The van der Waals surface area contributed by atoms with Crippen LogP contribution in [0.5, 0.6) is 0 Å². The molecule has 5 heteroatoms. The Bertz CT molecular complexity index is 756. The molecule has 0 spiro atoms. The number of nitrogens with one attached hydrogen (secondary N) is 1. The van der Waals surface area contributed by atoms with Crippen LogP contribution in [0.15, 0.2) is 54.6 Å². The number of hydrogen-bond donors (Lipinski definition) is 1. The summed E-state index contributed by atoms with van der Waals surface area (Å²) in [6.07, 6.45) is 1.79. The molecule has 3 rings (SSSR count). The zero-order chi connectivity index (χ0) is 18.4. The summed E-state index contributed by atoms with van der Waals surface area (Å²) in [5.41, 5.74) is 1.29. The highest BCUT2D eigenvalue weighted by molar-refractivity contribution is 5.94. The normalized spacial score (nSPS) is 14.9. The monoisotopic (exact) mass is 354 g/mol. The van der Waals surface area contributed by atoms with Gasteiger partial charge in [-0.3, -0.25) is 9.59 Å². The third kappa shape index (κ3) is 4.48. The molecule has 0 aliphatic carbocycles. The topological polar surface area (TPSA) is 49.4 Å². The van der Waals surface area contributed by atoms with Crippen LogP contribution in [-0.4, -0.2) is 36.3 Å². The maximum Gasteiger partial charge on any atom is 0.253 e. The Balaban J connectivity index is 1.43. The smallest absolute Gasteiger partial charge is 0.253 e. The molecular formula is C21H23FN2O2. The lowest BCUT2D eigenvalue weighted by Crippen LogP contribution is -2.43. The predicted molar refractivity (Wildman–Crippen MR) is 98.2 cm³/mol. The summed E-state index contributed by atoms with van der Waals surface area (Å²) in [5.74, 6) is -0.318. The standard InChI is InChI=1S/C21H23FN2O2/c22-19-9-5-4-6-16(19)10-13-23-20(25)17-11-14-24(15-12-17)21(26)18-7-2-1-3-8-18/h1-9,17H,10-15H2,(H,23,25). The Kier molecular flexibility index (Phi) is 6.00. The number of hydrogen-bond acceptors (Lipinski definition) is 2. The van der Waals surface area contributed by atoms with E-state index < -0.39 is 0 Å². The van der Waals surface area contributed by atoms with E-state index in [4.69, 9.17) is 0 Å². The van der Waals surface area contributed by atoms with Crippen LogP contribution in [0, 0.1) is 11.7 Å². The van der Waals surface area contributed by atoms with Crippen molar-refractivity contribution in [1.82, 2.24) is 10.2 Å². The first-order valence-corrected chi connectivity index (χ1v) is 9.00. The van der Waals surface area contributed by atoms with Crippen LogP contribution in [0.25, 0.3) is 0 Å². The third-order valence-electron chi connectivity index (χ3n) is 4.83. The second-order valence-corrected chi connectivity index (χ2v) is 6.56. The molecule has 136 valence electrons. The van der Waals surface area contributed by atoms with Gasteiger partial charge in [0.2, 0.25) is 5.91 Å². The predicted octanol–water partition coefficient (Wildman–Crippen LogP) is 3.04. The minimum atomic E-state index is -0.241. The Morgan fingerprint density at radius 2 is 1.65 bits per heavy atom. The molecule has 2 aromatic rings. The van der Waals surface area contributed by atoms with Gasteiger partial charge in [-0.15, -0.1) is 0 Å². The lowest BCUT2D eigenvalue weighted by Gasteiger charge is -2.31. The number of halogens is 1. The van der Waals surface area contributed by atoms with E-state index in [0.717, 1.165) is 0 Å². The summed E-state index contributed by atoms with van der Waals surface area (Å²) < 4.78 is 13.6. The highest BCUT2D eigenvalue weighted by Crippen LogP contribution is 2.19. The molecule has 26 heavy (non-hydrogen) atoms. The Morgan fingerprint density at radius 1 is 1.00 bits per heavy atom. The third-order valence-corrected chi connectivity index (χ3v) is 4.83. The number of benzene rings is 2. The molecule has 2 aromatic carbocycles. The second kappa shape index (κ2) is 8.61. The molecule has 2 amide bonds. The van der Waals surface area contributed by atoms with E-state index in [1.165, 1.54) is 6.07 Å². The number of likely N-dealkylation sites (tertiary alicyclic amines) is 1. The summed E-state index contributed by atoms with van der Waals surface area (Å²) in [5, 5.41) is 2.89. The van der Waals surface area contributed by atoms with E-state index in [1.54, 1.807) is 23.1 Å². The van der Waals surface area contributed by atoms with Crippen molar-refractivity contribution in [1.29, 1.82) is 0 Å². The SMILES string of the molecule is O=C(NCCc1ccccc1F)C1CCN(C(=O)c2ccccc2)CC1. The maximum atomic E-state index is 13.6. The molecule has 0 atom stereocenters. The quantitative estimate of drug-likeness (QED) is 0.897. The highest BCUT2D eigenvalue weighted by Gasteiger charge is 2.27. The zero-order valence-corrected chi connectivity index (χ0v) is 14.7. The number of carbonyl (C=O) groups excluding carboxylic acids is 2. The summed E-state index contributed by atoms with van der Waals surface area (Å²) in [7, 11) is 0. The van der Waals surface area contributed by atoms with Crippen LogP contribution in [0.2, 0.25) is 0 Å². The molecule has 1 aliphatic rings. The molecule has 1 fully saturated rings. The van der Waals surface area contributed by atoms with Gasteiger partial charge in [0.05, 0.1) is 0 Å². The van der Waals surface area contributed by atoms with Gasteiger partial charge in [-0.25, -0.2) is 4.39 Å². The molecule has 4 nitrogen and oxygen atoms in total. The van der Waals surface area contributed by atoms with E-state index in [-0.39, 0.29) is 23.5 Å². The van der Waals surface area contributed by atoms with Crippen LogP contribution in [0.3, 0.4) is 0 Å². The van der Waals surface area contributed by atoms with Crippen molar-refractivity contribution in [3.05, 3.63) is 71.5 Å². The van der Waals surface area contributed by atoms with Gasteiger partial charge >= 0.3 is 0 Å². The van der Waals surface area contributed by atoms with Crippen molar-refractivity contribution in [2.75, 3.05) is 19.6 Å². The lowest BCUT2D eigenvalue weighted by atomic mass is 9.95. The summed E-state index contributed by atoms with van der Waals surface area (Å²) >= 11 is 0. The van der Waals surface area contributed by atoms with Crippen molar-refractivity contribution >= 4 is 11.8 Å². The summed E-state index contributed by atoms with van der Waals surface area (Å²) in [4.78, 5) is 26.5. The van der Waals surface area contributed by atoms with Crippen LogP contribution >= 0.6 is 0 Å². The molecule has 0 radical (unpaired) electrons. The minimum Gasteiger partial charge on any atom is -0.356 e. The number of piperidine rings is 1. The molecule has 0 unspecified atom stereocenters. The fourth-order valence-electron chi connectivity index (χ4n) is 3.27. The first-order chi connectivity index (χ1) is 12.6. The molecule has 1 N–H and O–H groups in total. The van der Waals surface area contributed by atoms with Gasteiger partial charge in [-0.1, -0.05) is 36.4 Å². The van der Waals surface area contributed by atoms with E-state index in [0.29, 0.717) is 50.0 Å². The van der Waals surface area contributed by atoms with Crippen LogP contribution < -0.4 is 5.32 Å². The minimum absolute atomic E-state index is 0.00634. The molecule has 1 heterocycles. The van der Waals surface area contributed by atoms with Crippen molar-refractivity contribution in [2.45, 2.75) is 19.3 Å². The fraction of sp³-hybridized carbons (Fsp3) is 0.333. The van der Waals surface area contributed by atoms with Gasteiger partial charge < -0.3 is 10.2 Å². The van der Waals surface area contributed by atoms with Gasteiger partial charge in [0.1, 0.15) is 5.82 Å². The molecule has 0 bridgehead atoms. The van der Waals surface area contributed by atoms with Crippen molar-refractivity contribution < 1.29 is 14.0 Å². The second-order valence-electron chi connectivity index (χ2n) is 6.56. The average molecular weight is 354 g/mol. The first kappa shape index (κ1) is 18.1. The van der Waals surface area contributed by atoms with Crippen molar-refractivity contribution in [3.8, 4) is 0 Å². The van der Waals surface area contributed by atoms with Gasteiger partial charge in [-0.05, 0) is 43.0 Å².